The van der Waals surface area contributed by atoms with E-state index in [1.807, 2.05) is 43.3 Å². The third-order valence-electron chi connectivity index (χ3n) is 2.32. The number of hydrogen-bond acceptors (Lipinski definition) is 3. The van der Waals surface area contributed by atoms with Crippen LogP contribution >= 0.6 is 22.6 Å². The SMILES string of the molecule is C[C@@H](N)c1ccc(Oc2ccc(I)cc2)nc1. The summed E-state index contributed by atoms with van der Waals surface area (Å²) in [5, 5.41) is 0. The fraction of sp³-hybridized carbons (Fsp3) is 0.154. The predicted octanol–water partition coefficient (Wildman–Crippen LogP) is 3.50. The van der Waals surface area contributed by atoms with Crippen LogP contribution in [-0.4, -0.2) is 4.98 Å². The van der Waals surface area contributed by atoms with Crippen LogP contribution < -0.4 is 10.5 Å². The summed E-state index contributed by atoms with van der Waals surface area (Å²) >= 11 is 2.25. The van der Waals surface area contributed by atoms with E-state index in [0.29, 0.717) is 5.88 Å². The number of ether oxygens (including phenoxy) is 1. The van der Waals surface area contributed by atoms with Gasteiger partial charge in [-0.05, 0) is 59.3 Å². The van der Waals surface area contributed by atoms with Crippen LogP contribution in [0.1, 0.15) is 18.5 Å². The normalized spacial score (nSPS) is 12.2. The van der Waals surface area contributed by atoms with Crippen molar-refractivity contribution in [3.63, 3.8) is 0 Å². The van der Waals surface area contributed by atoms with Crippen LogP contribution in [0.4, 0.5) is 0 Å². The molecular formula is C13H13IN2O. The number of nitrogens with two attached hydrogens (primary N) is 1. The van der Waals surface area contributed by atoms with Gasteiger partial charge in [0, 0.05) is 21.9 Å². The van der Waals surface area contributed by atoms with Crippen LogP contribution in [0.15, 0.2) is 42.6 Å². The summed E-state index contributed by atoms with van der Waals surface area (Å²) in [4.78, 5) is 4.21. The molecule has 0 aliphatic carbocycles. The van der Waals surface area contributed by atoms with E-state index >= 15 is 0 Å². The third-order valence-corrected chi connectivity index (χ3v) is 3.04. The first-order valence-corrected chi connectivity index (χ1v) is 6.38. The molecule has 0 aliphatic heterocycles. The molecule has 17 heavy (non-hydrogen) atoms. The van der Waals surface area contributed by atoms with E-state index < -0.39 is 0 Å². The van der Waals surface area contributed by atoms with Crippen LogP contribution in [0.25, 0.3) is 0 Å². The first-order chi connectivity index (χ1) is 8.15. The van der Waals surface area contributed by atoms with Crippen LogP contribution in [0.2, 0.25) is 0 Å². The van der Waals surface area contributed by atoms with Gasteiger partial charge in [0.05, 0.1) is 0 Å². The second-order valence-corrected chi connectivity index (χ2v) is 5.02. The third kappa shape index (κ3) is 3.41. The number of pyridine rings is 1. The average molecular weight is 340 g/mol. The van der Waals surface area contributed by atoms with E-state index in [4.69, 9.17) is 10.5 Å². The van der Waals surface area contributed by atoms with E-state index in [1.54, 1.807) is 6.20 Å². The fourth-order valence-electron chi connectivity index (χ4n) is 1.34. The molecule has 1 aromatic carbocycles. The second kappa shape index (κ2) is 5.46. The molecule has 4 heteroatoms. The lowest BCUT2D eigenvalue weighted by Gasteiger charge is -2.07. The van der Waals surface area contributed by atoms with Crippen molar-refractivity contribution in [3.8, 4) is 11.6 Å². The molecular weight excluding hydrogens is 327 g/mol. The molecule has 0 fully saturated rings. The van der Waals surface area contributed by atoms with Gasteiger partial charge in [-0.2, -0.15) is 0 Å². The summed E-state index contributed by atoms with van der Waals surface area (Å²) in [6, 6.07) is 11.6. The van der Waals surface area contributed by atoms with Gasteiger partial charge < -0.3 is 10.5 Å². The Morgan fingerprint density at radius 2 is 1.88 bits per heavy atom. The number of benzene rings is 1. The minimum absolute atomic E-state index is 0.00477. The maximum atomic E-state index is 5.75. The maximum Gasteiger partial charge on any atom is 0.219 e. The van der Waals surface area contributed by atoms with Gasteiger partial charge in [-0.25, -0.2) is 4.98 Å². The Hall–Kier alpha value is -1.14. The molecule has 0 saturated carbocycles. The summed E-state index contributed by atoms with van der Waals surface area (Å²) in [5.74, 6) is 1.36. The molecule has 0 aliphatic rings. The molecule has 2 rings (SSSR count). The van der Waals surface area contributed by atoms with Gasteiger partial charge in [0.2, 0.25) is 5.88 Å². The van der Waals surface area contributed by atoms with Crippen LogP contribution in [0.3, 0.4) is 0 Å². The number of rotatable bonds is 3. The smallest absolute Gasteiger partial charge is 0.219 e. The lowest BCUT2D eigenvalue weighted by atomic mass is 10.2. The summed E-state index contributed by atoms with van der Waals surface area (Å²) in [7, 11) is 0. The second-order valence-electron chi connectivity index (χ2n) is 3.77. The number of hydrogen-bond donors (Lipinski definition) is 1. The van der Waals surface area contributed by atoms with Gasteiger partial charge in [0.15, 0.2) is 0 Å². The number of aromatic nitrogens is 1. The van der Waals surface area contributed by atoms with Gasteiger partial charge in [0.1, 0.15) is 5.75 Å². The highest BCUT2D eigenvalue weighted by molar-refractivity contribution is 14.1. The van der Waals surface area contributed by atoms with E-state index in [-0.39, 0.29) is 6.04 Å². The van der Waals surface area contributed by atoms with Crippen molar-refractivity contribution >= 4 is 22.6 Å². The van der Waals surface area contributed by atoms with Crippen LogP contribution in [0.5, 0.6) is 11.6 Å². The van der Waals surface area contributed by atoms with Crippen molar-refractivity contribution in [2.24, 2.45) is 5.73 Å². The Morgan fingerprint density at radius 3 is 2.41 bits per heavy atom. The van der Waals surface area contributed by atoms with Gasteiger partial charge >= 0.3 is 0 Å². The average Bonchev–Trinajstić information content (AvgIpc) is 2.33. The molecule has 2 aromatic rings. The topological polar surface area (TPSA) is 48.1 Å². The van der Waals surface area contributed by atoms with Crippen LogP contribution in [-0.2, 0) is 0 Å². The minimum atomic E-state index is -0.00477. The van der Waals surface area contributed by atoms with E-state index in [9.17, 15) is 0 Å². The van der Waals surface area contributed by atoms with E-state index in [1.165, 1.54) is 3.57 Å². The molecule has 88 valence electrons. The fourth-order valence-corrected chi connectivity index (χ4v) is 1.70. The molecule has 3 nitrogen and oxygen atoms in total. The molecule has 1 aromatic heterocycles. The first-order valence-electron chi connectivity index (χ1n) is 5.30. The molecule has 0 saturated heterocycles. The largest absolute Gasteiger partial charge is 0.439 e. The summed E-state index contributed by atoms with van der Waals surface area (Å²) in [5.41, 5.74) is 6.75. The highest BCUT2D eigenvalue weighted by Crippen LogP contribution is 2.21. The van der Waals surface area contributed by atoms with Crippen molar-refractivity contribution in [1.82, 2.24) is 4.98 Å². The van der Waals surface area contributed by atoms with E-state index in [2.05, 4.69) is 27.6 Å². The highest BCUT2D eigenvalue weighted by atomic mass is 127. The predicted molar refractivity (Wildman–Crippen MR) is 76.1 cm³/mol. The van der Waals surface area contributed by atoms with Crippen molar-refractivity contribution in [3.05, 3.63) is 51.7 Å². The Balaban J connectivity index is 2.11. The van der Waals surface area contributed by atoms with Gasteiger partial charge in [-0.3, -0.25) is 0 Å². The standard InChI is InChI=1S/C13H13IN2O/c1-9(15)10-2-7-13(16-8-10)17-12-5-3-11(14)4-6-12/h2-9H,15H2,1H3/t9-/m1/s1. The molecule has 2 N–H and O–H groups in total. The van der Waals surface area contributed by atoms with Crippen molar-refractivity contribution in [2.75, 3.05) is 0 Å². The summed E-state index contributed by atoms with van der Waals surface area (Å²) in [6.45, 7) is 1.93. The molecule has 1 atom stereocenters. The Morgan fingerprint density at radius 1 is 1.18 bits per heavy atom. The van der Waals surface area contributed by atoms with Crippen molar-refractivity contribution in [2.45, 2.75) is 13.0 Å². The zero-order chi connectivity index (χ0) is 12.3. The molecule has 0 amide bonds. The maximum absolute atomic E-state index is 5.75. The Bertz CT molecular complexity index is 480. The zero-order valence-electron chi connectivity index (χ0n) is 9.43. The first kappa shape index (κ1) is 12.3. The lowest BCUT2D eigenvalue weighted by molar-refractivity contribution is 0.462. The van der Waals surface area contributed by atoms with Crippen LogP contribution in [0, 0.1) is 3.57 Å². The highest BCUT2D eigenvalue weighted by Gasteiger charge is 2.02. The molecule has 1 heterocycles. The quantitative estimate of drug-likeness (QED) is 0.870. The van der Waals surface area contributed by atoms with Gasteiger partial charge in [0.25, 0.3) is 0 Å². The number of nitrogens with zero attached hydrogens (tertiary/aromatic N) is 1. The summed E-state index contributed by atoms with van der Waals surface area (Å²) < 4.78 is 6.79. The van der Waals surface area contributed by atoms with Gasteiger partial charge in [-0.15, -0.1) is 0 Å². The Kier molecular flexibility index (Phi) is 3.96. The van der Waals surface area contributed by atoms with Gasteiger partial charge in [-0.1, -0.05) is 6.07 Å². The zero-order valence-corrected chi connectivity index (χ0v) is 11.6. The van der Waals surface area contributed by atoms with Crippen molar-refractivity contribution in [1.29, 1.82) is 0 Å². The van der Waals surface area contributed by atoms with Crippen molar-refractivity contribution < 1.29 is 4.74 Å². The lowest BCUT2D eigenvalue weighted by Crippen LogP contribution is -2.05. The Labute approximate surface area is 114 Å². The molecule has 0 unspecified atom stereocenters. The number of halogens is 1. The molecule has 0 radical (unpaired) electrons. The monoisotopic (exact) mass is 340 g/mol. The molecule has 0 spiro atoms. The minimum Gasteiger partial charge on any atom is -0.439 e. The summed E-state index contributed by atoms with van der Waals surface area (Å²) in [6.07, 6.45) is 1.74. The molecule has 0 bridgehead atoms. The van der Waals surface area contributed by atoms with E-state index in [0.717, 1.165) is 11.3 Å².